The van der Waals surface area contributed by atoms with Crippen molar-refractivity contribution in [1.29, 1.82) is 0 Å². The fourth-order valence-electron chi connectivity index (χ4n) is 3.41. The van der Waals surface area contributed by atoms with Crippen molar-refractivity contribution in [1.82, 2.24) is 10.2 Å². The summed E-state index contributed by atoms with van der Waals surface area (Å²) in [7, 11) is 0. The van der Waals surface area contributed by atoms with Crippen molar-refractivity contribution in [3.05, 3.63) is 0 Å². The molecule has 1 heterocycles. The Bertz CT molecular complexity index is 345. The molecule has 0 bridgehead atoms. The number of carbonyl (C=O) groups excluding carboxylic acids is 2. The molecule has 2 aliphatic rings. The minimum atomic E-state index is -0.0287. The van der Waals surface area contributed by atoms with E-state index in [4.69, 9.17) is 5.73 Å². The van der Waals surface area contributed by atoms with E-state index in [-0.39, 0.29) is 23.8 Å². The van der Waals surface area contributed by atoms with E-state index >= 15 is 0 Å². The van der Waals surface area contributed by atoms with Gasteiger partial charge in [-0.25, -0.2) is 0 Å². The fraction of sp³-hybridized carbons (Fsp3) is 0.867. The number of carbonyl (C=O) groups is 2. The average molecular weight is 281 g/mol. The summed E-state index contributed by atoms with van der Waals surface area (Å²) in [5.74, 6) is 0.0196. The van der Waals surface area contributed by atoms with Crippen LogP contribution in [-0.2, 0) is 9.59 Å². The van der Waals surface area contributed by atoms with Crippen LogP contribution in [0.15, 0.2) is 0 Å². The molecule has 0 radical (unpaired) electrons. The summed E-state index contributed by atoms with van der Waals surface area (Å²) in [6.07, 6.45) is 8.28. The highest BCUT2D eigenvalue weighted by Gasteiger charge is 2.33. The van der Waals surface area contributed by atoms with E-state index in [1.807, 2.05) is 4.90 Å². The van der Waals surface area contributed by atoms with Crippen LogP contribution in [0.4, 0.5) is 0 Å². The van der Waals surface area contributed by atoms with E-state index in [0.29, 0.717) is 13.0 Å². The topological polar surface area (TPSA) is 75.4 Å². The third-order valence-electron chi connectivity index (χ3n) is 4.78. The summed E-state index contributed by atoms with van der Waals surface area (Å²) in [5, 5.41) is 2.78. The first-order valence-electron chi connectivity index (χ1n) is 7.90. The summed E-state index contributed by atoms with van der Waals surface area (Å²) in [5.41, 5.74) is 5.86. The van der Waals surface area contributed by atoms with Gasteiger partial charge in [-0.05, 0) is 37.6 Å². The average Bonchev–Trinajstić information content (AvgIpc) is 3.00. The largest absolute Gasteiger partial charge is 0.347 e. The van der Waals surface area contributed by atoms with Gasteiger partial charge in [0.1, 0.15) is 0 Å². The first kappa shape index (κ1) is 15.3. The van der Waals surface area contributed by atoms with Gasteiger partial charge in [0.25, 0.3) is 0 Å². The van der Waals surface area contributed by atoms with Gasteiger partial charge < -0.3 is 16.0 Å². The molecule has 1 saturated carbocycles. The van der Waals surface area contributed by atoms with Gasteiger partial charge in [-0.3, -0.25) is 9.59 Å². The lowest BCUT2D eigenvalue weighted by molar-refractivity contribution is -0.132. The van der Waals surface area contributed by atoms with Crippen molar-refractivity contribution in [3.8, 4) is 0 Å². The number of hydrogen-bond donors (Lipinski definition) is 2. The predicted molar refractivity (Wildman–Crippen MR) is 78.0 cm³/mol. The van der Waals surface area contributed by atoms with Crippen molar-refractivity contribution in [2.24, 2.45) is 11.1 Å². The van der Waals surface area contributed by atoms with Crippen LogP contribution in [0.25, 0.3) is 0 Å². The van der Waals surface area contributed by atoms with Crippen LogP contribution < -0.4 is 11.1 Å². The van der Waals surface area contributed by atoms with Crippen molar-refractivity contribution in [2.75, 3.05) is 26.2 Å². The molecular formula is C15H27N3O2. The van der Waals surface area contributed by atoms with Gasteiger partial charge in [-0.15, -0.1) is 0 Å². The summed E-state index contributed by atoms with van der Waals surface area (Å²) in [4.78, 5) is 25.8. The molecule has 20 heavy (non-hydrogen) atoms. The Morgan fingerprint density at radius 3 is 2.30 bits per heavy atom. The normalized spacial score (nSPS) is 21.8. The van der Waals surface area contributed by atoms with E-state index < -0.39 is 0 Å². The van der Waals surface area contributed by atoms with Crippen molar-refractivity contribution >= 4 is 11.8 Å². The van der Waals surface area contributed by atoms with Gasteiger partial charge in [-0.1, -0.05) is 19.3 Å². The molecule has 1 aliphatic carbocycles. The smallest absolute Gasteiger partial charge is 0.241 e. The van der Waals surface area contributed by atoms with Crippen molar-refractivity contribution < 1.29 is 9.59 Å². The first-order chi connectivity index (χ1) is 9.65. The van der Waals surface area contributed by atoms with Crippen LogP contribution in [0.1, 0.15) is 51.4 Å². The van der Waals surface area contributed by atoms with Gasteiger partial charge in [0, 0.05) is 19.5 Å². The zero-order valence-electron chi connectivity index (χ0n) is 12.3. The Balaban J connectivity index is 1.75. The third kappa shape index (κ3) is 3.95. The van der Waals surface area contributed by atoms with E-state index in [1.54, 1.807) is 0 Å². The molecule has 0 atom stereocenters. The minimum Gasteiger partial charge on any atom is -0.347 e. The maximum Gasteiger partial charge on any atom is 0.241 e. The van der Waals surface area contributed by atoms with Crippen LogP contribution >= 0.6 is 0 Å². The zero-order chi connectivity index (χ0) is 14.4. The Morgan fingerprint density at radius 2 is 1.70 bits per heavy atom. The van der Waals surface area contributed by atoms with Crippen molar-refractivity contribution in [2.45, 2.75) is 51.4 Å². The molecule has 2 fully saturated rings. The van der Waals surface area contributed by atoms with E-state index in [1.165, 1.54) is 6.42 Å². The SMILES string of the molecule is NCC1(CC(=O)NCC(=O)N2CCCC2)CCCCC1. The van der Waals surface area contributed by atoms with E-state index in [2.05, 4.69) is 5.32 Å². The Kier molecular flexibility index (Phi) is 5.40. The van der Waals surface area contributed by atoms with Crippen LogP contribution in [0.2, 0.25) is 0 Å². The fourth-order valence-corrected chi connectivity index (χ4v) is 3.41. The van der Waals surface area contributed by atoms with Crippen LogP contribution in [0.5, 0.6) is 0 Å². The molecule has 114 valence electrons. The molecule has 0 spiro atoms. The Labute approximate surface area is 121 Å². The lowest BCUT2D eigenvalue weighted by Crippen LogP contribution is -2.42. The van der Waals surface area contributed by atoms with E-state index in [0.717, 1.165) is 51.6 Å². The maximum atomic E-state index is 12.1. The number of likely N-dealkylation sites (tertiary alicyclic amines) is 1. The predicted octanol–water partition coefficient (Wildman–Crippen LogP) is 1.02. The Hall–Kier alpha value is -1.10. The summed E-state index contributed by atoms with van der Waals surface area (Å²) >= 11 is 0. The lowest BCUT2D eigenvalue weighted by Gasteiger charge is -2.35. The number of nitrogens with one attached hydrogen (secondary N) is 1. The molecule has 2 rings (SSSR count). The second kappa shape index (κ2) is 7.07. The van der Waals surface area contributed by atoms with Gasteiger partial charge in [0.15, 0.2) is 0 Å². The molecule has 2 amide bonds. The van der Waals surface area contributed by atoms with Gasteiger partial charge in [0.2, 0.25) is 11.8 Å². The standard InChI is InChI=1S/C15H27N3O2/c16-12-15(6-2-1-3-7-15)10-13(19)17-11-14(20)18-8-4-5-9-18/h1-12,16H2,(H,17,19). The molecule has 0 aromatic carbocycles. The summed E-state index contributed by atoms with van der Waals surface area (Å²) in [6, 6.07) is 0. The number of hydrogen-bond acceptors (Lipinski definition) is 3. The molecule has 5 heteroatoms. The maximum absolute atomic E-state index is 12.1. The number of nitrogens with two attached hydrogens (primary N) is 1. The molecule has 1 aliphatic heterocycles. The molecule has 5 nitrogen and oxygen atoms in total. The number of amides is 2. The second-order valence-corrected chi connectivity index (χ2v) is 6.31. The highest BCUT2D eigenvalue weighted by atomic mass is 16.2. The van der Waals surface area contributed by atoms with Gasteiger partial charge in [-0.2, -0.15) is 0 Å². The first-order valence-corrected chi connectivity index (χ1v) is 7.90. The number of nitrogens with zero attached hydrogens (tertiary/aromatic N) is 1. The highest BCUT2D eigenvalue weighted by Crippen LogP contribution is 2.38. The van der Waals surface area contributed by atoms with Crippen LogP contribution in [-0.4, -0.2) is 42.9 Å². The molecule has 0 aromatic rings. The molecule has 3 N–H and O–H groups in total. The van der Waals surface area contributed by atoms with Gasteiger partial charge >= 0.3 is 0 Å². The summed E-state index contributed by atoms with van der Waals surface area (Å²) in [6.45, 7) is 2.38. The molecule has 0 unspecified atom stereocenters. The second-order valence-electron chi connectivity index (χ2n) is 6.31. The number of rotatable bonds is 5. The molecular weight excluding hydrogens is 254 g/mol. The zero-order valence-corrected chi connectivity index (χ0v) is 12.3. The van der Waals surface area contributed by atoms with Gasteiger partial charge in [0.05, 0.1) is 6.54 Å². The Morgan fingerprint density at radius 1 is 1.05 bits per heavy atom. The molecule has 0 aromatic heterocycles. The van der Waals surface area contributed by atoms with E-state index in [9.17, 15) is 9.59 Å². The lowest BCUT2D eigenvalue weighted by atomic mass is 9.71. The third-order valence-corrected chi connectivity index (χ3v) is 4.78. The molecule has 1 saturated heterocycles. The minimum absolute atomic E-state index is 0.0232. The summed E-state index contributed by atoms with van der Waals surface area (Å²) < 4.78 is 0. The van der Waals surface area contributed by atoms with Crippen molar-refractivity contribution in [3.63, 3.8) is 0 Å². The quantitative estimate of drug-likeness (QED) is 0.790. The highest BCUT2D eigenvalue weighted by molar-refractivity contribution is 5.85. The van der Waals surface area contributed by atoms with Crippen LogP contribution in [0, 0.1) is 5.41 Å². The monoisotopic (exact) mass is 281 g/mol. The van der Waals surface area contributed by atoms with Crippen LogP contribution in [0.3, 0.4) is 0 Å².